The third kappa shape index (κ3) is 4.05. The molecule has 3 heterocycles. The molecule has 1 saturated carbocycles. The first-order chi connectivity index (χ1) is 14.2. The minimum absolute atomic E-state index is 0.0574. The van der Waals surface area contributed by atoms with Crippen LogP contribution >= 0.6 is 0 Å². The summed E-state index contributed by atoms with van der Waals surface area (Å²) in [5.74, 6) is 1.43. The first-order valence-corrected chi connectivity index (χ1v) is 10.8. The van der Waals surface area contributed by atoms with E-state index in [1.54, 1.807) is 19.4 Å². The number of hydrogen-bond acceptors (Lipinski definition) is 8. The van der Waals surface area contributed by atoms with Crippen molar-refractivity contribution in [2.75, 3.05) is 58.0 Å². The maximum Gasteiger partial charge on any atom is 0.314 e. The molecule has 0 radical (unpaired) electrons. The Balaban J connectivity index is 1.54. The van der Waals surface area contributed by atoms with Crippen molar-refractivity contribution in [1.29, 1.82) is 0 Å². The number of rotatable bonds is 5. The van der Waals surface area contributed by atoms with E-state index in [4.69, 9.17) is 14.2 Å². The first kappa shape index (κ1) is 20.3. The highest BCUT2D eigenvalue weighted by Gasteiger charge is 2.54. The summed E-state index contributed by atoms with van der Waals surface area (Å²) in [7, 11) is 1.60. The molecule has 2 saturated heterocycles. The molecule has 0 spiro atoms. The Kier molecular flexibility index (Phi) is 6.20. The van der Waals surface area contributed by atoms with Crippen molar-refractivity contribution in [3.8, 4) is 5.88 Å². The average Bonchev–Trinajstić information content (AvgIpc) is 2.79. The molecule has 8 nitrogen and oxygen atoms in total. The number of ether oxygens (including phenoxy) is 3. The van der Waals surface area contributed by atoms with Crippen LogP contribution in [-0.4, -0.2) is 80.0 Å². The second kappa shape index (κ2) is 8.83. The molecule has 1 aliphatic carbocycles. The monoisotopic (exact) mass is 404 g/mol. The van der Waals surface area contributed by atoms with Gasteiger partial charge in [-0.3, -0.25) is 9.69 Å². The van der Waals surface area contributed by atoms with E-state index < -0.39 is 5.41 Å². The highest BCUT2D eigenvalue weighted by molar-refractivity contribution is 5.78. The summed E-state index contributed by atoms with van der Waals surface area (Å²) in [6.07, 6.45) is 5.56. The largest absolute Gasteiger partial charge is 0.481 e. The predicted molar refractivity (Wildman–Crippen MR) is 108 cm³/mol. The molecule has 3 atom stereocenters. The number of carbonyl (C=O) groups is 1. The summed E-state index contributed by atoms with van der Waals surface area (Å²) in [6.45, 7) is 7.36. The molecule has 1 aromatic heterocycles. The SMILES string of the molecule is CCOC(=O)[C@@]12CC[C@H](N3CCOCC3)C[C@H]1CCN(c1nccc(OC)n1)C2. The molecular formula is C21H32N4O4. The van der Waals surface area contributed by atoms with E-state index >= 15 is 0 Å². The molecule has 0 bridgehead atoms. The zero-order valence-corrected chi connectivity index (χ0v) is 17.5. The molecule has 2 aliphatic heterocycles. The lowest BCUT2D eigenvalue weighted by Gasteiger charge is -2.52. The Labute approximate surface area is 172 Å². The Morgan fingerprint density at radius 3 is 2.90 bits per heavy atom. The lowest BCUT2D eigenvalue weighted by Crippen LogP contribution is -2.59. The highest BCUT2D eigenvalue weighted by atomic mass is 16.5. The molecule has 0 unspecified atom stereocenters. The predicted octanol–water partition coefficient (Wildman–Crippen LogP) is 1.75. The summed E-state index contributed by atoms with van der Waals surface area (Å²) in [5, 5.41) is 0. The van der Waals surface area contributed by atoms with E-state index in [2.05, 4.69) is 19.8 Å². The minimum Gasteiger partial charge on any atom is -0.481 e. The van der Waals surface area contributed by atoms with E-state index in [1.807, 2.05) is 6.92 Å². The van der Waals surface area contributed by atoms with Gasteiger partial charge in [-0.25, -0.2) is 4.98 Å². The van der Waals surface area contributed by atoms with Crippen molar-refractivity contribution in [2.24, 2.45) is 11.3 Å². The summed E-state index contributed by atoms with van der Waals surface area (Å²) < 4.78 is 16.4. The normalized spacial score (nSPS) is 30.5. The average molecular weight is 405 g/mol. The van der Waals surface area contributed by atoms with Crippen molar-refractivity contribution in [3.05, 3.63) is 12.3 Å². The second-order valence-electron chi connectivity index (χ2n) is 8.26. The highest BCUT2D eigenvalue weighted by Crippen LogP contribution is 2.49. The van der Waals surface area contributed by atoms with Crippen LogP contribution in [0.4, 0.5) is 5.95 Å². The van der Waals surface area contributed by atoms with Crippen molar-refractivity contribution in [2.45, 2.75) is 38.6 Å². The zero-order valence-electron chi connectivity index (χ0n) is 17.5. The zero-order chi connectivity index (χ0) is 20.3. The van der Waals surface area contributed by atoms with Gasteiger partial charge in [0.15, 0.2) is 0 Å². The van der Waals surface area contributed by atoms with E-state index in [-0.39, 0.29) is 5.97 Å². The van der Waals surface area contributed by atoms with Gasteiger partial charge in [0, 0.05) is 44.5 Å². The summed E-state index contributed by atoms with van der Waals surface area (Å²) in [6, 6.07) is 2.27. The Morgan fingerprint density at radius 2 is 2.14 bits per heavy atom. The standard InChI is InChI=1S/C21H32N4O4/c1-3-29-19(26)21-7-4-17(24-10-12-28-13-11-24)14-16(21)6-9-25(15-21)20-22-8-5-18(23-20)27-2/h5,8,16-17H,3-4,6-7,9-15H2,1-2H3/t16-,17+,21-/m1/s1. The van der Waals surface area contributed by atoms with Crippen LogP contribution in [0.5, 0.6) is 5.88 Å². The Hall–Kier alpha value is -1.93. The fourth-order valence-corrected chi connectivity index (χ4v) is 5.29. The van der Waals surface area contributed by atoms with Gasteiger partial charge in [0.05, 0.1) is 32.3 Å². The molecule has 4 rings (SSSR count). The van der Waals surface area contributed by atoms with Crippen molar-refractivity contribution in [3.63, 3.8) is 0 Å². The van der Waals surface area contributed by atoms with Gasteiger partial charge in [-0.15, -0.1) is 0 Å². The van der Waals surface area contributed by atoms with E-state index in [0.29, 0.717) is 36.9 Å². The molecule has 29 heavy (non-hydrogen) atoms. The number of aromatic nitrogens is 2. The first-order valence-electron chi connectivity index (χ1n) is 10.8. The van der Waals surface area contributed by atoms with Crippen LogP contribution in [0.2, 0.25) is 0 Å². The van der Waals surface area contributed by atoms with Crippen LogP contribution < -0.4 is 9.64 Å². The van der Waals surface area contributed by atoms with E-state index in [9.17, 15) is 4.79 Å². The topological polar surface area (TPSA) is 77.0 Å². The summed E-state index contributed by atoms with van der Waals surface area (Å²) in [5.41, 5.74) is -0.483. The molecule has 8 heteroatoms. The fraction of sp³-hybridized carbons (Fsp3) is 0.762. The summed E-state index contributed by atoms with van der Waals surface area (Å²) >= 11 is 0. The van der Waals surface area contributed by atoms with Crippen LogP contribution in [-0.2, 0) is 14.3 Å². The number of hydrogen-bond donors (Lipinski definition) is 0. The number of esters is 1. The van der Waals surface area contributed by atoms with Crippen molar-refractivity contribution in [1.82, 2.24) is 14.9 Å². The second-order valence-corrected chi connectivity index (χ2v) is 8.26. The van der Waals surface area contributed by atoms with Gasteiger partial charge >= 0.3 is 5.97 Å². The van der Waals surface area contributed by atoms with Gasteiger partial charge in [-0.1, -0.05) is 0 Å². The van der Waals surface area contributed by atoms with Crippen LogP contribution in [0.3, 0.4) is 0 Å². The number of anilines is 1. The van der Waals surface area contributed by atoms with Gasteiger partial charge in [0.2, 0.25) is 11.8 Å². The smallest absolute Gasteiger partial charge is 0.314 e. The number of nitrogens with zero attached hydrogens (tertiary/aromatic N) is 4. The molecule has 3 fully saturated rings. The maximum atomic E-state index is 13.2. The maximum absolute atomic E-state index is 13.2. The van der Waals surface area contributed by atoms with Crippen LogP contribution in [0.1, 0.15) is 32.6 Å². The molecule has 0 aromatic carbocycles. The summed E-state index contributed by atoms with van der Waals surface area (Å²) in [4.78, 5) is 26.8. The Morgan fingerprint density at radius 1 is 1.31 bits per heavy atom. The number of carbonyl (C=O) groups excluding carboxylic acids is 1. The number of piperidine rings is 1. The fourth-order valence-electron chi connectivity index (χ4n) is 5.29. The Bertz CT molecular complexity index is 712. The molecule has 160 valence electrons. The van der Waals surface area contributed by atoms with Gasteiger partial charge in [-0.2, -0.15) is 4.98 Å². The van der Waals surface area contributed by atoms with Crippen LogP contribution in [0.25, 0.3) is 0 Å². The van der Waals surface area contributed by atoms with Crippen LogP contribution in [0.15, 0.2) is 12.3 Å². The van der Waals surface area contributed by atoms with Gasteiger partial charge in [0.25, 0.3) is 0 Å². The molecular weight excluding hydrogens is 372 g/mol. The van der Waals surface area contributed by atoms with E-state index in [0.717, 1.165) is 58.5 Å². The lowest BCUT2D eigenvalue weighted by atomic mass is 9.61. The third-order valence-electron chi connectivity index (χ3n) is 6.84. The molecule has 0 amide bonds. The number of fused-ring (bicyclic) bond motifs is 1. The molecule has 1 aromatic rings. The van der Waals surface area contributed by atoms with Crippen LogP contribution in [0, 0.1) is 11.3 Å². The molecule has 0 N–H and O–H groups in total. The van der Waals surface area contributed by atoms with E-state index in [1.165, 1.54) is 0 Å². The quantitative estimate of drug-likeness (QED) is 0.687. The molecule has 3 aliphatic rings. The van der Waals surface area contributed by atoms with Gasteiger partial charge in [-0.05, 0) is 38.5 Å². The van der Waals surface area contributed by atoms with Crippen molar-refractivity contribution >= 4 is 11.9 Å². The lowest BCUT2D eigenvalue weighted by molar-refractivity contribution is -0.164. The minimum atomic E-state index is -0.483. The number of methoxy groups -OCH3 is 1. The number of morpholine rings is 1. The third-order valence-corrected chi connectivity index (χ3v) is 6.84. The van der Waals surface area contributed by atoms with Gasteiger partial charge < -0.3 is 19.1 Å². The van der Waals surface area contributed by atoms with Crippen molar-refractivity contribution < 1.29 is 19.0 Å². The van der Waals surface area contributed by atoms with Gasteiger partial charge in [0.1, 0.15) is 0 Å².